The minimum absolute atomic E-state index is 0.936. The van der Waals surface area contributed by atoms with Gasteiger partial charge >= 0.3 is 0 Å². The average Bonchev–Trinajstić information content (AvgIpc) is 2.95. The number of pyridine rings is 2. The predicted octanol–water partition coefficient (Wildman–Crippen LogP) is 4.61. The summed E-state index contributed by atoms with van der Waals surface area (Å²) in [5.74, 6) is 0. The van der Waals surface area contributed by atoms with Crippen molar-refractivity contribution in [3.8, 4) is 11.1 Å². The van der Waals surface area contributed by atoms with Crippen molar-refractivity contribution in [2.45, 2.75) is 19.5 Å². The molecular formula is C23H25BrN4. The third-order valence-electron chi connectivity index (χ3n) is 5.25. The first kappa shape index (κ1) is 19.2. The van der Waals surface area contributed by atoms with Gasteiger partial charge in [-0.15, -0.1) is 0 Å². The van der Waals surface area contributed by atoms with E-state index in [0.717, 1.165) is 49.4 Å². The molecule has 4 nitrogen and oxygen atoms in total. The summed E-state index contributed by atoms with van der Waals surface area (Å²) >= 11 is 3.52. The van der Waals surface area contributed by atoms with Gasteiger partial charge in [-0.3, -0.25) is 19.8 Å². The number of aromatic nitrogens is 2. The Kier molecular flexibility index (Phi) is 6.47. The number of hydrogen-bond acceptors (Lipinski definition) is 4. The van der Waals surface area contributed by atoms with Gasteiger partial charge in [0, 0.05) is 49.2 Å². The highest BCUT2D eigenvalue weighted by Gasteiger charge is 2.17. The van der Waals surface area contributed by atoms with E-state index in [4.69, 9.17) is 0 Å². The van der Waals surface area contributed by atoms with Gasteiger partial charge in [-0.2, -0.15) is 0 Å². The quantitative estimate of drug-likeness (QED) is 0.584. The maximum atomic E-state index is 4.47. The molecule has 0 atom stereocenters. The van der Waals surface area contributed by atoms with E-state index in [1.807, 2.05) is 24.7 Å². The van der Waals surface area contributed by atoms with Gasteiger partial charge in [0.05, 0.1) is 5.69 Å². The first-order valence-electron chi connectivity index (χ1n) is 9.81. The topological polar surface area (TPSA) is 32.3 Å². The summed E-state index contributed by atoms with van der Waals surface area (Å²) in [5.41, 5.74) is 4.97. The van der Waals surface area contributed by atoms with E-state index in [9.17, 15) is 0 Å². The zero-order chi connectivity index (χ0) is 19.2. The van der Waals surface area contributed by atoms with Crippen LogP contribution in [0.4, 0.5) is 0 Å². The number of benzene rings is 1. The summed E-state index contributed by atoms with van der Waals surface area (Å²) in [4.78, 5) is 13.9. The fraction of sp³-hybridized carbons (Fsp3) is 0.304. The first-order chi connectivity index (χ1) is 13.8. The second kappa shape index (κ2) is 9.41. The molecule has 144 valence electrons. The van der Waals surface area contributed by atoms with Crippen molar-refractivity contribution in [1.29, 1.82) is 0 Å². The second-order valence-corrected chi connectivity index (χ2v) is 8.18. The third-order valence-corrected chi connectivity index (χ3v) is 5.77. The van der Waals surface area contributed by atoms with Gasteiger partial charge < -0.3 is 0 Å². The molecule has 2 aromatic heterocycles. The van der Waals surface area contributed by atoms with Gasteiger partial charge in [-0.1, -0.05) is 34.1 Å². The van der Waals surface area contributed by atoms with Crippen LogP contribution in [0, 0.1) is 0 Å². The number of halogens is 1. The van der Waals surface area contributed by atoms with Crippen LogP contribution in [-0.2, 0) is 13.1 Å². The highest BCUT2D eigenvalue weighted by Crippen LogP contribution is 2.26. The van der Waals surface area contributed by atoms with E-state index < -0.39 is 0 Å². The Bertz CT molecular complexity index is 883. The van der Waals surface area contributed by atoms with Crippen LogP contribution in [0.3, 0.4) is 0 Å². The summed E-state index contributed by atoms with van der Waals surface area (Å²) in [7, 11) is 0. The van der Waals surface area contributed by atoms with Crippen molar-refractivity contribution in [2.75, 3.05) is 26.2 Å². The Labute approximate surface area is 175 Å². The summed E-state index contributed by atoms with van der Waals surface area (Å²) in [6.45, 7) is 6.27. The number of rotatable bonds is 5. The maximum absolute atomic E-state index is 4.47. The van der Waals surface area contributed by atoms with E-state index in [1.165, 1.54) is 23.1 Å². The molecule has 1 fully saturated rings. The minimum atomic E-state index is 0.936. The average molecular weight is 437 g/mol. The molecule has 3 heterocycles. The molecule has 3 aromatic rings. The van der Waals surface area contributed by atoms with Crippen molar-refractivity contribution in [1.82, 2.24) is 19.8 Å². The molecule has 4 rings (SSSR count). The van der Waals surface area contributed by atoms with Crippen LogP contribution in [0.25, 0.3) is 11.1 Å². The molecule has 1 aromatic carbocycles. The fourth-order valence-electron chi connectivity index (χ4n) is 3.77. The molecule has 5 heteroatoms. The van der Waals surface area contributed by atoms with Gasteiger partial charge in [0.1, 0.15) is 0 Å². The van der Waals surface area contributed by atoms with Gasteiger partial charge in [0.15, 0.2) is 0 Å². The Hall–Kier alpha value is -2.08. The smallest absolute Gasteiger partial charge is 0.0543 e. The SMILES string of the molecule is Brc1ccc(-c2ccncc2CN2CCCN(Cc3ccccn3)CC2)cc1. The van der Waals surface area contributed by atoms with Crippen LogP contribution in [-0.4, -0.2) is 45.9 Å². The Morgan fingerprint density at radius 1 is 0.821 bits per heavy atom. The summed E-state index contributed by atoms with van der Waals surface area (Å²) in [6.07, 6.45) is 6.97. The molecule has 0 saturated carbocycles. The third kappa shape index (κ3) is 5.04. The molecule has 0 amide bonds. The number of nitrogens with zero attached hydrogens (tertiary/aromatic N) is 4. The van der Waals surface area contributed by atoms with Gasteiger partial charge in [-0.05, 0) is 66.5 Å². The molecule has 0 unspecified atom stereocenters. The van der Waals surface area contributed by atoms with E-state index in [2.05, 4.69) is 78.2 Å². The predicted molar refractivity (Wildman–Crippen MR) is 117 cm³/mol. The van der Waals surface area contributed by atoms with Crippen LogP contribution in [0.1, 0.15) is 17.7 Å². The van der Waals surface area contributed by atoms with Crippen LogP contribution in [0.15, 0.2) is 71.6 Å². The van der Waals surface area contributed by atoms with E-state index in [-0.39, 0.29) is 0 Å². The van der Waals surface area contributed by atoms with Crippen molar-refractivity contribution < 1.29 is 0 Å². The highest BCUT2D eigenvalue weighted by atomic mass is 79.9. The van der Waals surface area contributed by atoms with E-state index in [0.29, 0.717) is 0 Å². The molecule has 28 heavy (non-hydrogen) atoms. The van der Waals surface area contributed by atoms with Crippen LogP contribution in [0.5, 0.6) is 0 Å². The lowest BCUT2D eigenvalue weighted by Crippen LogP contribution is -2.30. The Balaban J connectivity index is 1.42. The second-order valence-electron chi connectivity index (χ2n) is 7.27. The van der Waals surface area contributed by atoms with Crippen LogP contribution >= 0.6 is 15.9 Å². The van der Waals surface area contributed by atoms with Crippen molar-refractivity contribution in [3.05, 3.63) is 82.9 Å². The van der Waals surface area contributed by atoms with Gasteiger partial charge in [0.25, 0.3) is 0 Å². The molecule has 0 spiro atoms. The molecule has 0 N–H and O–H groups in total. The van der Waals surface area contributed by atoms with Crippen LogP contribution < -0.4 is 0 Å². The molecule has 1 aliphatic rings. The molecule has 1 saturated heterocycles. The zero-order valence-corrected chi connectivity index (χ0v) is 17.6. The monoisotopic (exact) mass is 436 g/mol. The van der Waals surface area contributed by atoms with E-state index >= 15 is 0 Å². The lowest BCUT2D eigenvalue weighted by molar-refractivity contribution is 0.245. The maximum Gasteiger partial charge on any atom is 0.0543 e. The Morgan fingerprint density at radius 2 is 1.61 bits per heavy atom. The largest absolute Gasteiger partial charge is 0.298 e. The molecule has 0 aliphatic carbocycles. The van der Waals surface area contributed by atoms with E-state index in [1.54, 1.807) is 0 Å². The first-order valence-corrected chi connectivity index (χ1v) is 10.6. The van der Waals surface area contributed by atoms with Gasteiger partial charge in [-0.25, -0.2) is 0 Å². The molecular weight excluding hydrogens is 412 g/mol. The fourth-order valence-corrected chi connectivity index (χ4v) is 4.03. The highest BCUT2D eigenvalue weighted by molar-refractivity contribution is 9.10. The standard InChI is InChI=1S/C23H25BrN4/c24-21-7-5-19(6-8-21)23-9-11-25-16-20(23)17-27-12-3-13-28(15-14-27)18-22-4-1-2-10-26-22/h1-2,4-11,16H,3,12-15,17-18H2. The van der Waals surface area contributed by atoms with Crippen molar-refractivity contribution in [3.63, 3.8) is 0 Å². The minimum Gasteiger partial charge on any atom is -0.298 e. The normalized spacial score (nSPS) is 16.0. The van der Waals surface area contributed by atoms with Crippen LogP contribution in [0.2, 0.25) is 0 Å². The molecule has 1 aliphatic heterocycles. The number of hydrogen-bond donors (Lipinski definition) is 0. The zero-order valence-electron chi connectivity index (χ0n) is 16.0. The van der Waals surface area contributed by atoms with Crippen molar-refractivity contribution >= 4 is 15.9 Å². The summed E-state index contributed by atoms with van der Waals surface area (Å²) in [6, 6.07) is 16.8. The summed E-state index contributed by atoms with van der Waals surface area (Å²) in [5, 5.41) is 0. The van der Waals surface area contributed by atoms with Crippen molar-refractivity contribution in [2.24, 2.45) is 0 Å². The van der Waals surface area contributed by atoms with Gasteiger partial charge in [0.2, 0.25) is 0 Å². The summed E-state index contributed by atoms with van der Waals surface area (Å²) < 4.78 is 1.10. The molecule has 0 radical (unpaired) electrons. The Morgan fingerprint density at radius 3 is 2.36 bits per heavy atom. The lowest BCUT2D eigenvalue weighted by atomic mass is 10.0. The lowest BCUT2D eigenvalue weighted by Gasteiger charge is -2.22. The molecule has 0 bridgehead atoms.